The molecule has 0 saturated heterocycles. The summed E-state index contributed by atoms with van der Waals surface area (Å²) in [6.07, 6.45) is 0. The Morgan fingerprint density at radius 3 is 2.85 bits per heavy atom. The van der Waals surface area contributed by atoms with E-state index < -0.39 is 0 Å². The van der Waals surface area contributed by atoms with Crippen LogP contribution in [-0.2, 0) is 5.75 Å². The fourth-order valence-corrected chi connectivity index (χ4v) is 3.55. The first-order valence-electron chi connectivity index (χ1n) is 5.91. The summed E-state index contributed by atoms with van der Waals surface area (Å²) in [5, 5.41) is 13.8. The topological polar surface area (TPSA) is 67.5 Å². The summed E-state index contributed by atoms with van der Waals surface area (Å²) in [4.78, 5) is 16.3. The average Bonchev–Trinajstić information content (AvgIpc) is 2.87. The normalized spacial score (nSPS) is 11.1. The highest BCUT2D eigenvalue weighted by Crippen LogP contribution is 2.27. The molecule has 5 nitrogen and oxygen atoms in total. The quantitative estimate of drug-likeness (QED) is 0.753. The van der Waals surface area contributed by atoms with Crippen molar-refractivity contribution in [2.45, 2.75) is 17.0 Å². The molecular weight excluding hydrogens is 294 g/mol. The summed E-state index contributed by atoms with van der Waals surface area (Å²) < 4.78 is 2.00. The number of fused-ring (bicyclic) bond motifs is 1. The zero-order valence-corrected chi connectivity index (χ0v) is 12.2. The molecule has 0 aliphatic heterocycles. The number of benzene rings is 1. The smallest absolute Gasteiger partial charge is 0.281 e. The van der Waals surface area contributed by atoms with Crippen LogP contribution in [0, 0.1) is 6.92 Å². The van der Waals surface area contributed by atoms with E-state index in [1.165, 1.54) is 28.3 Å². The van der Waals surface area contributed by atoms with Crippen molar-refractivity contribution in [3.8, 4) is 5.88 Å². The van der Waals surface area contributed by atoms with E-state index in [2.05, 4.69) is 10.1 Å². The Kier molecular flexibility index (Phi) is 3.45. The van der Waals surface area contributed by atoms with Gasteiger partial charge < -0.3 is 5.11 Å². The lowest BCUT2D eigenvalue weighted by molar-refractivity contribution is 0.447. The maximum Gasteiger partial charge on any atom is 0.281 e. The van der Waals surface area contributed by atoms with E-state index in [4.69, 9.17) is 0 Å². The van der Waals surface area contributed by atoms with E-state index in [1.54, 1.807) is 11.8 Å². The molecule has 0 bridgehead atoms. The molecule has 2 heterocycles. The van der Waals surface area contributed by atoms with Crippen LogP contribution < -0.4 is 5.56 Å². The number of aromatic hydroxyl groups is 1. The Labute approximate surface area is 122 Å². The molecule has 1 aromatic carbocycles. The number of aromatic nitrogens is 3. The van der Waals surface area contributed by atoms with Crippen molar-refractivity contribution in [3.63, 3.8) is 0 Å². The highest BCUT2D eigenvalue weighted by atomic mass is 32.2. The maximum atomic E-state index is 11.9. The molecule has 0 aliphatic rings. The van der Waals surface area contributed by atoms with Gasteiger partial charge in [-0.1, -0.05) is 53.4 Å². The van der Waals surface area contributed by atoms with Crippen LogP contribution >= 0.6 is 23.1 Å². The monoisotopic (exact) mass is 305 g/mol. The molecule has 0 aliphatic carbocycles. The van der Waals surface area contributed by atoms with Crippen molar-refractivity contribution in [1.82, 2.24) is 14.6 Å². The SMILES string of the molecule is Cc1c(O)nc2sc(SCc3ccccc3)nn2c1=O. The lowest BCUT2D eigenvalue weighted by Gasteiger charge is -1.96. The molecule has 0 fully saturated rings. The van der Waals surface area contributed by atoms with Gasteiger partial charge in [0.25, 0.3) is 5.56 Å². The van der Waals surface area contributed by atoms with Crippen LogP contribution in [0.25, 0.3) is 4.96 Å². The Balaban J connectivity index is 1.90. The summed E-state index contributed by atoms with van der Waals surface area (Å²) >= 11 is 2.84. The van der Waals surface area contributed by atoms with Gasteiger partial charge in [-0.3, -0.25) is 4.79 Å². The minimum absolute atomic E-state index is 0.215. The van der Waals surface area contributed by atoms with E-state index >= 15 is 0 Å². The van der Waals surface area contributed by atoms with Gasteiger partial charge in [0.2, 0.25) is 10.8 Å². The average molecular weight is 305 g/mol. The first-order chi connectivity index (χ1) is 9.65. The molecule has 2 aromatic heterocycles. The van der Waals surface area contributed by atoms with Crippen LogP contribution in [0.5, 0.6) is 5.88 Å². The second kappa shape index (κ2) is 5.26. The van der Waals surface area contributed by atoms with Gasteiger partial charge in [-0.25, -0.2) is 0 Å². The second-order valence-electron chi connectivity index (χ2n) is 4.20. The number of rotatable bonds is 3. The Bertz CT molecular complexity index is 812. The molecule has 0 saturated carbocycles. The van der Waals surface area contributed by atoms with Crippen LogP contribution in [-0.4, -0.2) is 19.7 Å². The van der Waals surface area contributed by atoms with Gasteiger partial charge in [0, 0.05) is 5.75 Å². The Morgan fingerprint density at radius 1 is 1.35 bits per heavy atom. The molecule has 0 unspecified atom stereocenters. The third-order valence-corrected chi connectivity index (χ3v) is 4.91. The van der Waals surface area contributed by atoms with Crippen LogP contribution in [0.4, 0.5) is 0 Å². The van der Waals surface area contributed by atoms with E-state index in [1.807, 2.05) is 30.3 Å². The summed E-state index contributed by atoms with van der Waals surface area (Å²) in [5.41, 5.74) is 1.08. The third-order valence-electron chi connectivity index (χ3n) is 2.80. The zero-order valence-electron chi connectivity index (χ0n) is 10.6. The highest BCUT2D eigenvalue weighted by molar-refractivity contribution is 8.00. The first-order valence-corrected chi connectivity index (χ1v) is 7.71. The lowest BCUT2D eigenvalue weighted by atomic mass is 10.2. The molecule has 20 heavy (non-hydrogen) atoms. The van der Waals surface area contributed by atoms with E-state index in [0.29, 0.717) is 4.96 Å². The van der Waals surface area contributed by atoms with E-state index in [9.17, 15) is 9.90 Å². The van der Waals surface area contributed by atoms with Crippen LogP contribution in [0.15, 0.2) is 39.5 Å². The van der Waals surface area contributed by atoms with Gasteiger partial charge in [-0.05, 0) is 12.5 Å². The standard InChI is InChI=1S/C13H11N3O2S2/c1-8-10(17)14-12-16(11(8)18)15-13(20-12)19-7-9-5-3-2-4-6-9/h2-6,17H,7H2,1H3. The minimum atomic E-state index is -0.324. The molecule has 1 N–H and O–H groups in total. The van der Waals surface area contributed by atoms with Gasteiger partial charge in [-0.15, -0.1) is 5.10 Å². The molecule has 102 valence electrons. The van der Waals surface area contributed by atoms with Crippen LogP contribution in [0.3, 0.4) is 0 Å². The van der Waals surface area contributed by atoms with Crippen molar-refractivity contribution in [2.24, 2.45) is 0 Å². The third kappa shape index (κ3) is 2.41. The highest BCUT2D eigenvalue weighted by Gasteiger charge is 2.12. The molecule has 7 heteroatoms. The van der Waals surface area contributed by atoms with Crippen LogP contribution in [0.1, 0.15) is 11.1 Å². The first kappa shape index (κ1) is 13.1. The van der Waals surface area contributed by atoms with Gasteiger partial charge in [0.15, 0.2) is 4.34 Å². The van der Waals surface area contributed by atoms with Crippen molar-refractivity contribution in [3.05, 3.63) is 51.8 Å². The number of hydrogen-bond donors (Lipinski definition) is 1. The van der Waals surface area contributed by atoms with Gasteiger partial charge in [-0.2, -0.15) is 9.50 Å². The second-order valence-corrected chi connectivity index (χ2v) is 6.38. The van der Waals surface area contributed by atoms with Crippen molar-refractivity contribution < 1.29 is 5.11 Å². The molecule has 0 amide bonds. The predicted octanol–water partition coefficient (Wildman–Crippen LogP) is 2.46. The molecular formula is C13H11N3O2S2. The maximum absolute atomic E-state index is 11.9. The van der Waals surface area contributed by atoms with Crippen molar-refractivity contribution in [1.29, 1.82) is 0 Å². The number of thioether (sulfide) groups is 1. The molecule has 0 spiro atoms. The lowest BCUT2D eigenvalue weighted by Crippen LogP contribution is -2.17. The minimum Gasteiger partial charge on any atom is -0.493 e. The van der Waals surface area contributed by atoms with E-state index in [-0.39, 0.29) is 17.0 Å². The molecule has 0 atom stereocenters. The number of nitrogens with zero attached hydrogens (tertiary/aromatic N) is 3. The van der Waals surface area contributed by atoms with Gasteiger partial charge in [0.1, 0.15) is 0 Å². The fraction of sp³-hybridized carbons (Fsp3) is 0.154. The van der Waals surface area contributed by atoms with Crippen molar-refractivity contribution >= 4 is 28.1 Å². The van der Waals surface area contributed by atoms with E-state index in [0.717, 1.165) is 10.1 Å². The van der Waals surface area contributed by atoms with Gasteiger partial charge >= 0.3 is 0 Å². The van der Waals surface area contributed by atoms with Crippen molar-refractivity contribution in [2.75, 3.05) is 0 Å². The molecule has 0 radical (unpaired) electrons. The zero-order chi connectivity index (χ0) is 14.1. The van der Waals surface area contributed by atoms with Crippen LogP contribution in [0.2, 0.25) is 0 Å². The summed E-state index contributed by atoms with van der Waals surface area (Å²) in [5.74, 6) is 0.554. The molecule has 3 aromatic rings. The summed E-state index contributed by atoms with van der Waals surface area (Å²) in [6.45, 7) is 1.53. The predicted molar refractivity (Wildman–Crippen MR) is 79.5 cm³/mol. The summed E-state index contributed by atoms with van der Waals surface area (Å²) in [6, 6.07) is 10.0. The Hall–Kier alpha value is -1.86. The Morgan fingerprint density at radius 2 is 2.10 bits per heavy atom. The number of hydrogen-bond acceptors (Lipinski definition) is 6. The van der Waals surface area contributed by atoms with Gasteiger partial charge in [0.05, 0.1) is 5.56 Å². The fourth-order valence-electron chi connectivity index (χ4n) is 1.68. The largest absolute Gasteiger partial charge is 0.493 e. The molecule has 3 rings (SSSR count). The summed E-state index contributed by atoms with van der Waals surface area (Å²) in [7, 11) is 0.